The van der Waals surface area contributed by atoms with Crippen LogP contribution in [0.4, 0.5) is 5.00 Å². The van der Waals surface area contributed by atoms with E-state index in [4.69, 9.17) is 4.42 Å². The van der Waals surface area contributed by atoms with E-state index >= 15 is 0 Å². The minimum absolute atomic E-state index is 0.0184. The predicted molar refractivity (Wildman–Crippen MR) is 87.0 cm³/mol. The molecule has 0 radical (unpaired) electrons. The number of rotatable bonds is 2. The predicted octanol–water partition coefficient (Wildman–Crippen LogP) is 2.52. The fourth-order valence-corrected chi connectivity index (χ4v) is 4.30. The molecule has 0 saturated carbocycles. The Morgan fingerprint density at radius 1 is 1.45 bits per heavy atom. The van der Waals surface area contributed by atoms with Crippen molar-refractivity contribution in [1.82, 2.24) is 10.2 Å². The molecule has 0 bridgehead atoms. The molecule has 0 unspecified atom stereocenters. The molecule has 5 nitrogen and oxygen atoms in total. The molecule has 2 aliphatic rings. The van der Waals surface area contributed by atoms with Gasteiger partial charge in [0.15, 0.2) is 0 Å². The summed E-state index contributed by atoms with van der Waals surface area (Å²) in [5, 5.41) is 7.38. The SMILES string of the molecule is CN1CCc2c(sc3c2C(=O)N[C@@H](/C=C/c2ccco2)N3)C1. The first-order chi connectivity index (χ1) is 10.7. The Labute approximate surface area is 132 Å². The minimum atomic E-state index is -0.206. The molecule has 0 spiro atoms. The topological polar surface area (TPSA) is 57.5 Å². The zero-order valence-electron chi connectivity index (χ0n) is 12.3. The highest BCUT2D eigenvalue weighted by molar-refractivity contribution is 7.16. The van der Waals surface area contributed by atoms with E-state index in [-0.39, 0.29) is 12.1 Å². The maximum atomic E-state index is 12.5. The molecule has 114 valence electrons. The number of furan rings is 1. The summed E-state index contributed by atoms with van der Waals surface area (Å²) >= 11 is 1.70. The summed E-state index contributed by atoms with van der Waals surface area (Å²) in [5.74, 6) is 0.791. The van der Waals surface area contributed by atoms with Crippen molar-refractivity contribution in [2.24, 2.45) is 0 Å². The van der Waals surface area contributed by atoms with Gasteiger partial charge in [-0.25, -0.2) is 0 Å². The largest absolute Gasteiger partial charge is 0.465 e. The van der Waals surface area contributed by atoms with Crippen LogP contribution in [0.15, 0.2) is 28.9 Å². The first-order valence-electron chi connectivity index (χ1n) is 7.33. The number of fused-ring (bicyclic) bond motifs is 3. The number of nitrogens with one attached hydrogen (secondary N) is 2. The summed E-state index contributed by atoms with van der Waals surface area (Å²) in [4.78, 5) is 16.0. The van der Waals surface area contributed by atoms with Crippen molar-refractivity contribution in [3.05, 3.63) is 46.2 Å². The molecule has 0 aromatic carbocycles. The van der Waals surface area contributed by atoms with Gasteiger partial charge >= 0.3 is 0 Å². The van der Waals surface area contributed by atoms with Crippen LogP contribution in [0.25, 0.3) is 6.08 Å². The zero-order valence-corrected chi connectivity index (χ0v) is 13.1. The summed E-state index contributed by atoms with van der Waals surface area (Å²) < 4.78 is 5.27. The molecule has 2 aromatic heterocycles. The van der Waals surface area contributed by atoms with E-state index in [1.165, 1.54) is 10.4 Å². The van der Waals surface area contributed by atoms with Crippen LogP contribution in [0.1, 0.15) is 26.6 Å². The highest BCUT2D eigenvalue weighted by Crippen LogP contribution is 2.38. The van der Waals surface area contributed by atoms with Crippen LogP contribution in [0, 0.1) is 0 Å². The van der Waals surface area contributed by atoms with Crippen molar-refractivity contribution >= 4 is 28.3 Å². The Morgan fingerprint density at radius 3 is 3.18 bits per heavy atom. The number of likely N-dealkylation sites (N-methyl/N-ethyl adjacent to an activating group) is 1. The highest BCUT2D eigenvalue weighted by Gasteiger charge is 2.31. The van der Waals surface area contributed by atoms with Gasteiger partial charge in [-0.1, -0.05) is 0 Å². The number of nitrogens with zero attached hydrogens (tertiary/aromatic N) is 1. The second kappa shape index (κ2) is 5.30. The van der Waals surface area contributed by atoms with E-state index in [1.54, 1.807) is 17.6 Å². The van der Waals surface area contributed by atoms with Crippen LogP contribution >= 0.6 is 11.3 Å². The molecule has 0 fully saturated rings. The molecule has 1 amide bonds. The van der Waals surface area contributed by atoms with Crippen molar-refractivity contribution in [3.8, 4) is 0 Å². The first-order valence-corrected chi connectivity index (χ1v) is 8.14. The van der Waals surface area contributed by atoms with Crippen LogP contribution in [0.2, 0.25) is 0 Å². The molecular formula is C16H17N3O2S. The lowest BCUT2D eigenvalue weighted by molar-refractivity contribution is 0.0942. The Morgan fingerprint density at radius 2 is 2.36 bits per heavy atom. The second-order valence-corrected chi connectivity index (χ2v) is 6.77. The lowest BCUT2D eigenvalue weighted by Gasteiger charge is -2.25. The van der Waals surface area contributed by atoms with Gasteiger partial charge < -0.3 is 20.0 Å². The molecule has 22 heavy (non-hydrogen) atoms. The number of anilines is 1. The average Bonchev–Trinajstić information content (AvgIpc) is 3.11. The number of carbonyl (C=O) groups is 1. The summed E-state index contributed by atoms with van der Waals surface area (Å²) in [6.45, 7) is 1.93. The summed E-state index contributed by atoms with van der Waals surface area (Å²) in [6.07, 6.45) is 6.14. The molecule has 2 aliphatic heterocycles. The van der Waals surface area contributed by atoms with Crippen LogP contribution in [-0.4, -0.2) is 30.6 Å². The maximum absolute atomic E-state index is 12.5. The Balaban J connectivity index is 1.60. The van der Waals surface area contributed by atoms with E-state index in [1.807, 2.05) is 24.3 Å². The van der Waals surface area contributed by atoms with E-state index in [9.17, 15) is 4.79 Å². The Hall–Kier alpha value is -2.05. The van der Waals surface area contributed by atoms with Crippen LogP contribution < -0.4 is 10.6 Å². The lowest BCUT2D eigenvalue weighted by atomic mass is 10.0. The Bertz CT molecular complexity index is 733. The summed E-state index contributed by atoms with van der Waals surface area (Å²) in [5.41, 5.74) is 2.06. The quantitative estimate of drug-likeness (QED) is 0.894. The van der Waals surface area contributed by atoms with Gasteiger partial charge in [0.1, 0.15) is 16.9 Å². The summed E-state index contributed by atoms with van der Waals surface area (Å²) in [7, 11) is 2.12. The zero-order chi connectivity index (χ0) is 15.1. The maximum Gasteiger partial charge on any atom is 0.256 e. The van der Waals surface area contributed by atoms with Gasteiger partial charge in [-0.3, -0.25) is 4.79 Å². The van der Waals surface area contributed by atoms with E-state index < -0.39 is 0 Å². The monoisotopic (exact) mass is 315 g/mol. The Kier molecular flexibility index (Phi) is 3.28. The average molecular weight is 315 g/mol. The fraction of sp³-hybridized carbons (Fsp3) is 0.312. The molecule has 4 rings (SSSR count). The molecule has 0 saturated heterocycles. The molecule has 0 aliphatic carbocycles. The van der Waals surface area contributed by atoms with Gasteiger partial charge in [0.25, 0.3) is 5.91 Å². The van der Waals surface area contributed by atoms with E-state index in [2.05, 4.69) is 22.6 Å². The van der Waals surface area contributed by atoms with E-state index in [0.29, 0.717) is 0 Å². The number of carbonyl (C=O) groups excluding carboxylic acids is 1. The number of hydrogen-bond acceptors (Lipinski definition) is 5. The smallest absolute Gasteiger partial charge is 0.256 e. The van der Waals surface area contributed by atoms with Crippen molar-refractivity contribution in [1.29, 1.82) is 0 Å². The minimum Gasteiger partial charge on any atom is -0.465 e. The highest BCUT2D eigenvalue weighted by atomic mass is 32.1. The number of hydrogen-bond donors (Lipinski definition) is 2. The standard InChI is InChI=1S/C16H17N3O2S/c1-19-7-6-11-12(9-19)22-16-14(11)15(20)17-13(18-16)5-4-10-3-2-8-21-10/h2-5,8,13,18H,6-7,9H2,1H3,(H,17,20)/b5-4+/t13-/m1/s1. The lowest BCUT2D eigenvalue weighted by Crippen LogP contribution is -2.43. The van der Waals surface area contributed by atoms with Gasteiger partial charge in [-0.2, -0.15) is 0 Å². The molecular weight excluding hydrogens is 298 g/mol. The fourth-order valence-electron chi connectivity index (χ4n) is 2.94. The van der Waals surface area contributed by atoms with Gasteiger partial charge in [-0.15, -0.1) is 11.3 Å². The van der Waals surface area contributed by atoms with Crippen molar-refractivity contribution in [2.75, 3.05) is 18.9 Å². The number of thiophene rings is 1. The molecule has 2 aromatic rings. The van der Waals surface area contributed by atoms with Crippen molar-refractivity contribution in [2.45, 2.75) is 19.1 Å². The molecule has 1 atom stereocenters. The molecule has 4 heterocycles. The third kappa shape index (κ3) is 2.34. The van der Waals surface area contributed by atoms with Gasteiger partial charge in [0.05, 0.1) is 11.8 Å². The van der Waals surface area contributed by atoms with Gasteiger partial charge in [-0.05, 0) is 43.3 Å². The normalized spacial score (nSPS) is 21.3. The van der Waals surface area contributed by atoms with Crippen molar-refractivity contribution < 1.29 is 9.21 Å². The van der Waals surface area contributed by atoms with Crippen molar-refractivity contribution in [3.63, 3.8) is 0 Å². The number of amides is 1. The summed E-state index contributed by atoms with van der Waals surface area (Å²) in [6, 6.07) is 3.72. The first kappa shape index (κ1) is 13.6. The van der Waals surface area contributed by atoms with Gasteiger partial charge in [0, 0.05) is 18.0 Å². The second-order valence-electron chi connectivity index (χ2n) is 5.67. The third-order valence-electron chi connectivity index (χ3n) is 4.04. The molecule has 6 heteroatoms. The van der Waals surface area contributed by atoms with E-state index in [0.717, 1.165) is 35.8 Å². The molecule has 2 N–H and O–H groups in total. The van der Waals surface area contributed by atoms with Gasteiger partial charge in [0.2, 0.25) is 0 Å². The van der Waals surface area contributed by atoms with Crippen LogP contribution in [-0.2, 0) is 13.0 Å². The third-order valence-corrected chi connectivity index (χ3v) is 5.19. The van der Waals surface area contributed by atoms with Crippen LogP contribution in [0.5, 0.6) is 0 Å². The van der Waals surface area contributed by atoms with Crippen LogP contribution in [0.3, 0.4) is 0 Å².